The van der Waals surface area contributed by atoms with E-state index < -0.39 is 11.8 Å². The first-order valence-corrected chi connectivity index (χ1v) is 8.59. The summed E-state index contributed by atoms with van der Waals surface area (Å²) in [6.45, 7) is 0. The second kappa shape index (κ2) is 6.92. The van der Waals surface area contributed by atoms with E-state index >= 15 is 0 Å². The van der Waals surface area contributed by atoms with E-state index in [-0.39, 0.29) is 17.5 Å². The van der Waals surface area contributed by atoms with Gasteiger partial charge in [0.25, 0.3) is 0 Å². The van der Waals surface area contributed by atoms with Crippen molar-refractivity contribution in [2.24, 2.45) is 15.7 Å². The number of benzene rings is 1. The highest BCUT2D eigenvalue weighted by Crippen LogP contribution is 2.25. The van der Waals surface area contributed by atoms with E-state index in [1.165, 1.54) is 6.08 Å². The number of nitrogens with two attached hydrogens (primary N) is 1. The molecule has 0 amide bonds. The van der Waals surface area contributed by atoms with Gasteiger partial charge in [-0.3, -0.25) is 9.98 Å². The molecule has 2 N–H and O–H groups in total. The largest absolute Gasteiger partial charge is 0.383 e. The Bertz CT molecular complexity index is 1050. The second-order valence-corrected chi connectivity index (χ2v) is 6.52. The predicted octanol–water partition coefficient (Wildman–Crippen LogP) is 2.14. The van der Waals surface area contributed by atoms with Crippen molar-refractivity contribution in [1.82, 2.24) is 15.2 Å². The minimum absolute atomic E-state index is 0.00544. The van der Waals surface area contributed by atoms with E-state index in [1.54, 1.807) is 18.2 Å². The van der Waals surface area contributed by atoms with Crippen LogP contribution >= 0.6 is 11.6 Å². The highest BCUT2D eigenvalue weighted by molar-refractivity contribution is 6.31. The first-order valence-electron chi connectivity index (χ1n) is 8.21. The summed E-state index contributed by atoms with van der Waals surface area (Å²) in [5, 5.41) is 8.15. The average Bonchev–Trinajstić information content (AvgIpc) is 2.97. The summed E-state index contributed by atoms with van der Waals surface area (Å²) in [6.07, 6.45) is 3.85. The van der Waals surface area contributed by atoms with E-state index in [0.717, 1.165) is 11.1 Å². The Morgan fingerprint density at radius 1 is 1.41 bits per heavy atom. The lowest BCUT2D eigenvalue weighted by atomic mass is 10.1. The number of rotatable bonds is 2. The van der Waals surface area contributed by atoms with Gasteiger partial charge < -0.3 is 10.6 Å². The highest BCUT2D eigenvalue weighted by atomic mass is 35.5. The molecular formula is C17H14ClFN6O2. The van der Waals surface area contributed by atoms with E-state index in [9.17, 15) is 9.18 Å². The third-order valence-electron chi connectivity index (χ3n) is 4.26. The van der Waals surface area contributed by atoms with Crippen LogP contribution in [-0.2, 0) is 4.79 Å². The molecule has 0 saturated carbocycles. The van der Waals surface area contributed by atoms with Gasteiger partial charge in [0.15, 0.2) is 0 Å². The Kier molecular flexibility index (Phi) is 4.44. The predicted molar refractivity (Wildman–Crippen MR) is 98.1 cm³/mol. The van der Waals surface area contributed by atoms with Crippen molar-refractivity contribution in [3.8, 4) is 0 Å². The lowest BCUT2D eigenvalue weighted by Gasteiger charge is -2.09. The number of fused-ring (bicyclic) bond motifs is 4. The Morgan fingerprint density at radius 2 is 2.26 bits per heavy atom. The van der Waals surface area contributed by atoms with Crippen molar-refractivity contribution in [3.05, 3.63) is 46.4 Å². The monoisotopic (exact) mass is 388 g/mol. The summed E-state index contributed by atoms with van der Waals surface area (Å²) < 4.78 is 13.7. The molecule has 0 aliphatic carbocycles. The van der Waals surface area contributed by atoms with Crippen molar-refractivity contribution >= 4 is 40.7 Å². The topological polar surface area (TPSA) is 108 Å². The van der Waals surface area contributed by atoms with Crippen LogP contribution in [0.3, 0.4) is 0 Å². The zero-order chi connectivity index (χ0) is 19.0. The number of aromatic nitrogens is 3. The maximum Gasteiger partial charge on any atom is 0.371 e. The Morgan fingerprint density at radius 3 is 3.11 bits per heavy atom. The number of carbonyl (C=O) groups is 1. The third kappa shape index (κ3) is 3.45. The van der Waals surface area contributed by atoms with Crippen LogP contribution in [0.5, 0.6) is 0 Å². The smallest absolute Gasteiger partial charge is 0.371 e. The van der Waals surface area contributed by atoms with Crippen molar-refractivity contribution in [2.45, 2.75) is 25.3 Å². The van der Waals surface area contributed by atoms with E-state index in [1.807, 2.05) is 0 Å². The molecule has 2 bridgehead atoms. The maximum absolute atomic E-state index is 13.7. The number of halogens is 2. The molecule has 0 radical (unpaired) electrons. The molecule has 1 aromatic carbocycles. The molecule has 3 heterocycles. The Balaban J connectivity index is 1.73. The van der Waals surface area contributed by atoms with Gasteiger partial charge in [-0.25, -0.2) is 9.18 Å². The standard InChI is InChI=1S/C17H14ClFN6O2/c18-9-1-5-12-14(7-9)25(24-23-12)27-17(26)15-13-6-4-11(22-16(15)20)3-2-10(19)8-21-13/h1-2,5,7-8,11H,3-4,6H2,(H2,20,22)/b10-2+,21-8?. The van der Waals surface area contributed by atoms with Crippen LogP contribution in [0.4, 0.5) is 4.39 Å². The third-order valence-corrected chi connectivity index (χ3v) is 4.50. The number of aliphatic imine (C=N–C) groups is 2. The normalized spacial score (nSPS) is 21.8. The summed E-state index contributed by atoms with van der Waals surface area (Å²) in [4.78, 5) is 27.5. The molecule has 1 atom stereocenters. The molecule has 2 aromatic rings. The van der Waals surface area contributed by atoms with Gasteiger partial charge in [-0.1, -0.05) is 16.4 Å². The van der Waals surface area contributed by atoms with Crippen molar-refractivity contribution < 1.29 is 14.0 Å². The number of allylic oxidation sites excluding steroid dienone is 2. The summed E-state index contributed by atoms with van der Waals surface area (Å²) in [5.41, 5.74) is 7.26. The zero-order valence-electron chi connectivity index (χ0n) is 14.0. The number of nitrogens with zero attached hydrogens (tertiary/aromatic N) is 5. The summed E-state index contributed by atoms with van der Waals surface area (Å²) >= 11 is 5.98. The van der Waals surface area contributed by atoms with Crippen LogP contribution in [0, 0.1) is 0 Å². The Labute approximate surface area is 157 Å². The average molecular weight is 389 g/mol. The first kappa shape index (κ1) is 17.3. The molecule has 27 heavy (non-hydrogen) atoms. The minimum Gasteiger partial charge on any atom is -0.383 e. The van der Waals surface area contributed by atoms with Crippen LogP contribution in [-0.4, -0.2) is 39.2 Å². The maximum atomic E-state index is 13.7. The SMILES string of the molecule is NC1=NC2C/C=C(/F)C=NC(=C1C(=O)On1nnc3ccc(Cl)cc31)CC2. The van der Waals surface area contributed by atoms with E-state index in [0.29, 0.717) is 41.0 Å². The molecule has 1 unspecified atom stereocenters. The summed E-state index contributed by atoms with van der Waals surface area (Å²) in [5.74, 6) is -1.28. The van der Waals surface area contributed by atoms with Crippen molar-refractivity contribution in [2.75, 3.05) is 0 Å². The van der Waals surface area contributed by atoms with Crippen LogP contribution in [0.25, 0.3) is 11.0 Å². The zero-order valence-corrected chi connectivity index (χ0v) is 14.7. The van der Waals surface area contributed by atoms with E-state index in [2.05, 4.69) is 20.3 Å². The number of hydrogen-bond acceptors (Lipinski definition) is 7. The van der Waals surface area contributed by atoms with Crippen LogP contribution in [0.1, 0.15) is 19.3 Å². The molecule has 4 rings (SSSR count). The van der Waals surface area contributed by atoms with Gasteiger partial charge in [0.2, 0.25) is 0 Å². The van der Waals surface area contributed by atoms with Crippen molar-refractivity contribution in [3.63, 3.8) is 0 Å². The molecule has 1 aromatic heterocycles. The molecule has 138 valence electrons. The van der Waals surface area contributed by atoms with Gasteiger partial charge in [-0.2, -0.15) is 0 Å². The number of hydrogen-bond donors (Lipinski definition) is 1. The molecule has 2 aliphatic heterocycles. The molecular weight excluding hydrogens is 375 g/mol. The quantitative estimate of drug-likeness (QED) is 0.793. The molecule has 0 spiro atoms. The van der Waals surface area contributed by atoms with Gasteiger partial charge in [-0.05, 0) is 48.8 Å². The fourth-order valence-electron chi connectivity index (χ4n) is 2.93. The molecule has 0 fully saturated rings. The lowest BCUT2D eigenvalue weighted by molar-refractivity contribution is -0.140. The number of carbonyl (C=O) groups excluding carboxylic acids is 1. The number of amidine groups is 1. The van der Waals surface area contributed by atoms with Crippen LogP contribution in [0.15, 0.2) is 51.4 Å². The van der Waals surface area contributed by atoms with Gasteiger partial charge in [-0.15, -0.1) is 5.10 Å². The second-order valence-electron chi connectivity index (χ2n) is 6.09. The fourth-order valence-corrected chi connectivity index (χ4v) is 3.09. The molecule has 8 nitrogen and oxygen atoms in total. The highest BCUT2D eigenvalue weighted by Gasteiger charge is 2.27. The first-order chi connectivity index (χ1) is 13.0. The summed E-state index contributed by atoms with van der Waals surface area (Å²) in [7, 11) is 0. The van der Waals surface area contributed by atoms with Crippen LogP contribution < -0.4 is 10.6 Å². The molecule has 10 heteroatoms. The van der Waals surface area contributed by atoms with Gasteiger partial charge >= 0.3 is 5.97 Å². The van der Waals surface area contributed by atoms with E-state index in [4.69, 9.17) is 22.2 Å². The van der Waals surface area contributed by atoms with Gasteiger partial charge in [0.1, 0.15) is 28.3 Å². The van der Waals surface area contributed by atoms with Crippen molar-refractivity contribution in [1.29, 1.82) is 0 Å². The molecule has 0 saturated heterocycles. The fraction of sp³-hybridized carbons (Fsp3) is 0.235. The van der Waals surface area contributed by atoms with Crippen LogP contribution in [0.2, 0.25) is 5.02 Å². The molecule has 2 aliphatic rings. The Hall–Kier alpha value is -3.07. The lowest BCUT2D eigenvalue weighted by Crippen LogP contribution is -2.31. The minimum atomic E-state index is -0.805. The van der Waals surface area contributed by atoms with Gasteiger partial charge in [0, 0.05) is 5.02 Å². The summed E-state index contributed by atoms with van der Waals surface area (Å²) in [6, 6.07) is 4.63. The van der Waals surface area contributed by atoms with Gasteiger partial charge in [0.05, 0.1) is 18.0 Å².